The molecule has 7 heteroatoms. The van der Waals surface area contributed by atoms with Crippen LogP contribution in [0, 0.1) is 0 Å². The third kappa shape index (κ3) is 3.04. The summed E-state index contributed by atoms with van der Waals surface area (Å²) in [5.41, 5.74) is 5.00. The van der Waals surface area contributed by atoms with Gasteiger partial charge in [-0.25, -0.2) is 4.98 Å². The van der Waals surface area contributed by atoms with Gasteiger partial charge in [-0.1, -0.05) is 0 Å². The van der Waals surface area contributed by atoms with Gasteiger partial charge in [-0.3, -0.25) is 0 Å². The summed E-state index contributed by atoms with van der Waals surface area (Å²) in [4.78, 5) is 4.09. The highest BCUT2D eigenvalue weighted by molar-refractivity contribution is 5.30. The van der Waals surface area contributed by atoms with Gasteiger partial charge in [0, 0.05) is 6.54 Å². The minimum absolute atomic E-state index is 0.149. The summed E-state index contributed by atoms with van der Waals surface area (Å²) in [5.74, 6) is 1.51. The van der Waals surface area contributed by atoms with Crippen LogP contribution in [-0.4, -0.2) is 9.55 Å². The smallest absolute Gasteiger partial charge is 0.416 e. The first-order valence-corrected chi connectivity index (χ1v) is 6.01. The molecule has 20 heavy (non-hydrogen) atoms. The van der Waals surface area contributed by atoms with Crippen LogP contribution in [0.2, 0.25) is 0 Å². The van der Waals surface area contributed by atoms with Crippen molar-refractivity contribution in [1.82, 2.24) is 9.55 Å². The van der Waals surface area contributed by atoms with Crippen LogP contribution in [0.1, 0.15) is 18.3 Å². The van der Waals surface area contributed by atoms with Gasteiger partial charge in [0.25, 0.3) is 0 Å². The Bertz CT molecular complexity index is 576. The predicted molar refractivity (Wildman–Crippen MR) is 68.1 cm³/mol. The Kier molecular flexibility index (Phi) is 3.87. The highest BCUT2D eigenvalue weighted by Crippen LogP contribution is 2.30. The number of benzene rings is 1. The summed E-state index contributed by atoms with van der Waals surface area (Å²) in [6, 6.07) is 4.53. The summed E-state index contributed by atoms with van der Waals surface area (Å²) >= 11 is 0. The summed E-state index contributed by atoms with van der Waals surface area (Å²) in [5, 5.41) is 0. The third-order valence-electron chi connectivity index (χ3n) is 2.83. The Labute approximate surface area is 114 Å². The number of nitrogens with two attached hydrogens (primary N) is 1. The molecule has 108 valence electrons. The normalized spacial score (nSPS) is 11.6. The van der Waals surface area contributed by atoms with Crippen molar-refractivity contribution in [1.29, 1.82) is 0 Å². The van der Waals surface area contributed by atoms with Crippen LogP contribution in [0.15, 0.2) is 30.5 Å². The number of aromatic nitrogens is 2. The van der Waals surface area contributed by atoms with Gasteiger partial charge in [0.05, 0.1) is 11.8 Å². The van der Waals surface area contributed by atoms with E-state index in [1.807, 2.05) is 6.92 Å². The van der Waals surface area contributed by atoms with E-state index in [9.17, 15) is 13.2 Å². The van der Waals surface area contributed by atoms with Crippen molar-refractivity contribution in [3.05, 3.63) is 41.9 Å². The molecule has 1 aromatic carbocycles. The fraction of sp³-hybridized carbons (Fsp3) is 0.308. The number of halogens is 3. The minimum atomic E-state index is -4.34. The molecule has 0 amide bonds. The summed E-state index contributed by atoms with van der Waals surface area (Å²) in [6.45, 7) is 2.72. The van der Waals surface area contributed by atoms with E-state index < -0.39 is 11.7 Å². The van der Waals surface area contributed by atoms with E-state index in [1.165, 1.54) is 18.3 Å². The molecular weight excluding hydrogens is 271 g/mol. The largest absolute Gasteiger partial charge is 0.486 e. The Morgan fingerprint density at radius 3 is 2.45 bits per heavy atom. The molecule has 0 aliphatic carbocycles. The molecule has 4 nitrogen and oxygen atoms in total. The maximum atomic E-state index is 12.4. The second-order valence-electron chi connectivity index (χ2n) is 4.15. The summed E-state index contributed by atoms with van der Waals surface area (Å²) in [6.07, 6.45) is -2.82. The second-order valence-corrected chi connectivity index (χ2v) is 4.15. The molecule has 0 atom stereocenters. The molecule has 0 radical (unpaired) electrons. The van der Waals surface area contributed by atoms with Gasteiger partial charge < -0.3 is 15.0 Å². The molecule has 1 heterocycles. The zero-order chi connectivity index (χ0) is 14.8. The van der Waals surface area contributed by atoms with E-state index in [0.717, 1.165) is 12.1 Å². The monoisotopic (exact) mass is 285 g/mol. The molecule has 0 bridgehead atoms. The number of anilines is 1. The van der Waals surface area contributed by atoms with Crippen molar-refractivity contribution in [3.63, 3.8) is 0 Å². The minimum Gasteiger partial charge on any atom is -0.486 e. The number of rotatable bonds is 4. The Morgan fingerprint density at radius 2 is 1.90 bits per heavy atom. The highest BCUT2D eigenvalue weighted by atomic mass is 19.4. The van der Waals surface area contributed by atoms with E-state index in [4.69, 9.17) is 10.5 Å². The van der Waals surface area contributed by atoms with Gasteiger partial charge in [0.2, 0.25) is 0 Å². The average Bonchev–Trinajstić information content (AvgIpc) is 2.76. The van der Waals surface area contributed by atoms with Crippen molar-refractivity contribution in [3.8, 4) is 5.75 Å². The lowest BCUT2D eigenvalue weighted by molar-refractivity contribution is -0.137. The van der Waals surface area contributed by atoms with Gasteiger partial charge >= 0.3 is 6.18 Å². The average molecular weight is 285 g/mol. The van der Waals surface area contributed by atoms with Gasteiger partial charge in [0.15, 0.2) is 0 Å². The van der Waals surface area contributed by atoms with E-state index in [0.29, 0.717) is 23.9 Å². The highest BCUT2D eigenvalue weighted by Gasteiger charge is 2.30. The molecule has 2 aromatic rings. The number of hydrogen-bond donors (Lipinski definition) is 1. The number of ether oxygens (including phenoxy) is 1. The molecular formula is C13H14F3N3O. The first-order valence-electron chi connectivity index (χ1n) is 6.01. The fourth-order valence-electron chi connectivity index (χ4n) is 1.80. The predicted octanol–water partition coefficient (Wildman–Crippen LogP) is 3.08. The number of alkyl halides is 3. The van der Waals surface area contributed by atoms with Crippen LogP contribution in [0.5, 0.6) is 5.75 Å². The van der Waals surface area contributed by atoms with Gasteiger partial charge in [-0.2, -0.15) is 13.2 Å². The molecule has 0 saturated heterocycles. The van der Waals surface area contributed by atoms with Crippen molar-refractivity contribution < 1.29 is 17.9 Å². The Balaban J connectivity index is 2.04. The van der Waals surface area contributed by atoms with Gasteiger partial charge in [-0.05, 0) is 31.2 Å². The SMILES string of the molecule is CCn1c(N)cnc1COc1ccc(C(F)(F)F)cc1. The number of hydrogen-bond acceptors (Lipinski definition) is 3. The Morgan fingerprint density at radius 1 is 1.25 bits per heavy atom. The van der Waals surface area contributed by atoms with Crippen LogP contribution in [0.25, 0.3) is 0 Å². The van der Waals surface area contributed by atoms with Crippen LogP contribution < -0.4 is 10.5 Å². The fourth-order valence-corrected chi connectivity index (χ4v) is 1.80. The van der Waals surface area contributed by atoms with E-state index in [1.54, 1.807) is 4.57 Å². The lowest BCUT2D eigenvalue weighted by Crippen LogP contribution is -2.08. The third-order valence-corrected chi connectivity index (χ3v) is 2.83. The molecule has 2 rings (SSSR count). The zero-order valence-corrected chi connectivity index (χ0v) is 10.8. The Hall–Kier alpha value is -2.18. The van der Waals surface area contributed by atoms with Crippen molar-refractivity contribution >= 4 is 5.82 Å². The summed E-state index contributed by atoms with van der Waals surface area (Å²) < 4.78 is 44.4. The second kappa shape index (κ2) is 5.44. The van der Waals surface area contributed by atoms with Gasteiger partial charge in [0.1, 0.15) is 24.0 Å². The molecule has 0 unspecified atom stereocenters. The van der Waals surface area contributed by atoms with Crippen molar-refractivity contribution in [2.24, 2.45) is 0 Å². The van der Waals surface area contributed by atoms with Crippen LogP contribution in [0.3, 0.4) is 0 Å². The van der Waals surface area contributed by atoms with Crippen LogP contribution >= 0.6 is 0 Å². The number of nitrogens with zero attached hydrogens (tertiary/aromatic N) is 2. The van der Waals surface area contributed by atoms with Crippen LogP contribution in [0.4, 0.5) is 19.0 Å². The van der Waals surface area contributed by atoms with E-state index in [-0.39, 0.29) is 6.61 Å². The molecule has 2 N–H and O–H groups in total. The van der Waals surface area contributed by atoms with Crippen molar-refractivity contribution in [2.75, 3.05) is 5.73 Å². The lowest BCUT2D eigenvalue weighted by Gasteiger charge is -2.10. The number of nitrogen functional groups attached to an aromatic ring is 1. The van der Waals surface area contributed by atoms with E-state index in [2.05, 4.69) is 4.98 Å². The van der Waals surface area contributed by atoms with E-state index >= 15 is 0 Å². The summed E-state index contributed by atoms with van der Waals surface area (Å²) in [7, 11) is 0. The topological polar surface area (TPSA) is 53.1 Å². The first-order chi connectivity index (χ1) is 9.41. The van der Waals surface area contributed by atoms with Crippen LogP contribution in [-0.2, 0) is 19.3 Å². The molecule has 1 aromatic heterocycles. The quantitative estimate of drug-likeness (QED) is 0.939. The number of imidazole rings is 1. The first kappa shape index (κ1) is 14.2. The molecule has 0 spiro atoms. The molecule has 0 fully saturated rings. The van der Waals surface area contributed by atoms with Crippen molar-refractivity contribution in [2.45, 2.75) is 26.3 Å². The zero-order valence-electron chi connectivity index (χ0n) is 10.8. The lowest BCUT2D eigenvalue weighted by atomic mass is 10.2. The maximum absolute atomic E-state index is 12.4. The molecule has 0 aliphatic heterocycles. The molecule has 0 aliphatic rings. The molecule has 0 saturated carbocycles. The standard InChI is InChI=1S/C13H14F3N3O/c1-2-19-11(17)7-18-12(19)8-20-10-5-3-9(4-6-10)13(14,15)16/h3-7H,2,8,17H2,1H3. The maximum Gasteiger partial charge on any atom is 0.416 e. The van der Waals surface area contributed by atoms with Gasteiger partial charge in [-0.15, -0.1) is 0 Å².